The molecule has 3 aromatic carbocycles. The highest BCUT2D eigenvalue weighted by Crippen LogP contribution is 2.29. The molecule has 1 saturated heterocycles. The summed E-state index contributed by atoms with van der Waals surface area (Å²) in [4.78, 5) is 17.7. The number of thioether (sulfide) groups is 1. The van der Waals surface area contributed by atoms with Gasteiger partial charge < -0.3 is 9.88 Å². The number of nitrogens with one attached hydrogen (secondary N) is 1. The topological polar surface area (TPSA) is 46.4 Å². The first kappa shape index (κ1) is 18.5. The highest BCUT2D eigenvalue weighted by molar-refractivity contribution is 8.18. The van der Waals surface area contributed by atoms with Crippen LogP contribution in [-0.4, -0.2) is 15.6 Å². The van der Waals surface area contributed by atoms with E-state index in [1.54, 1.807) is 0 Å². The number of amidine groups is 1. The van der Waals surface area contributed by atoms with Gasteiger partial charge in [0, 0.05) is 17.6 Å². The lowest BCUT2D eigenvalue weighted by atomic mass is 10.1. The lowest BCUT2D eigenvalue weighted by Crippen LogP contribution is -2.19. The minimum absolute atomic E-state index is 0.127. The Morgan fingerprint density at radius 1 is 0.933 bits per heavy atom. The van der Waals surface area contributed by atoms with Crippen molar-refractivity contribution in [1.29, 1.82) is 0 Å². The molecule has 0 spiro atoms. The molecule has 1 aromatic heterocycles. The smallest absolute Gasteiger partial charge is 0.264 e. The van der Waals surface area contributed by atoms with Gasteiger partial charge >= 0.3 is 0 Å². The van der Waals surface area contributed by atoms with Crippen LogP contribution in [-0.2, 0) is 4.79 Å². The van der Waals surface area contributed by atoms with E-state index in [-0.39, 0.29) is 5.91 Å². The summed E-state index contributed by atoms with van der Waals surface area (Å²) in [6, 6.07) is 26.6. The zero-order chi connectivity index (χ0) is 20.5. The van der Waals surface area contributed by atoms with Gasteiger partial charge in [-0.15, -0.1) is 0 Å². The zero-order valence-electron chi connectivity index (χ0n) is 16.4. The number of benzene rings is 3. The fourth-order valence-corrected chi connectivity index (χ4v) is 4.33. The molecule has 30 heavy (non-hydrogen) atoms. The number of hydrogen-bond acceptors (Lipinski definition) is 3. The quantitative estimate of drug-likeness (QED) is 0.433. The Hall–Kier alpha value is -3.57. The number of aromatic nitrogens is 1. The van der Waals surface area contributed by atoms with Gasteiger partial charge in [-0.05, 0) is 77.5 Å². The molecule has 1 amide bonds. The molecule has 0 unspecified atom stereocenters. The molecule has 2 heterocycles. The van der Waals surface area contributed by atoms with Crippen LogP contribution < -0.4 is 5.32 Å². The predicted octanol–water partition coefficient (Wildman–Crippen LogP) is 5.83. The number of carbonyl (C=O) groups excluding carboxylic acids is 1. The van der Waals surface area contributed by atoms with Crippen LogP contribution in [0.4, 0.5) is 5.69 Å². The first-order chi connectivity index (χ1) is 14.7. The molecule has 1 aliphatic rings. The second-order valence-electron chi connectivity index (χ2n) is 7.16. The van der Waals surface area contributed by atoms with E-state index in [9.17, 15) is 4.79 Å². The van der Waals surface area contributed by atoms with Crippen LogP contribution in [0.25, 0.3) is 22.5 Å². The Morgan fingerprint density at radius 3 is 2.67 bits per heavy atom. The molecule has 0 atom stereocenters. The fourth-order valence-electron chi connectivity index (χ4n) is 3.50. The van der Waals surface area contributed by atoms with Crippen LogP contribution in [0.3, 0.4) is 0 Å². The maximum Gasteiger partial charge on any atom is 0.264 e. The van der Waals surface area contributed by atoms with E-state index < -0.39 is 0 Å². The van der Waals surface area contributed by atoms with E-state index in [0.29, 0.717) is 10.1 Å². The fraction of sp³-hybridized carbons (Fsp3) is 0.0400. The molecule has 4 nitrogen and oxygen atoms in total. The van der Waals surface area contributed by atoms with Crippen molar-refractivity contribution >= 4 is 45.4 Å². The maximum atomic E-state index is 12.5. The molecule has 1 N–H and O–H groups in total. The predicted molar refractivity (Wildman–Crippen MR) is 125 cm³/mol. The molecule has 5 heteroatoms. The van der Waals surface area contributed by atoms with Gasteiger partial charge in [-0.2, -0.15) is 0 Å². The summed E-state index contributed by atoms with van der Waals surface area (Å²) < 4.78 is 2.09. The van der Waals surface area contributed by atoms with E-state index in [4.69, 9.17) is 0 Å². The Bertz CT molecular complexity index is 1330. The van der Waals surface area contributed by atoms with Crippen molar-refractivity contribution in [2.24, 2.45) is 4.99 Å². The first-order valence-corrected chi connectivity index (χ1v) is 10.5. The molecular formula is C25H19N3OS. The number of rotatable bonds is 3. The molecule has 5 rings (SSSR count). The molecule has 4 aromatic rings. The number of amides is 1. The van der Waals surface area contributed by atoms with Gasteiger partial charge in [-0.25, -0.2) is 4.99 Å². The molecule has 1 aliphatic heterocycles. The van der Waals surface area contributed by atoms with Crippen LogP contribution in [0, 0.1) is 6.92 Å². The van der Waals surface area contributed by atoms with Gasteiger partial charge in [0.05, 0.1) is 10.6 Å². The minimum Gasteiger partial charge on any atom is -0.317 e. The highest BCUT2D eigenvalue weighted by atomic mass is 32.2. The van der Waals surface area contributed by atoms with Gasteiger partial charge in [0.15, 0.2) is 5.17 Å². The van der Waals surface area contributed by atoms with Gasteiger partial charge in [-0.3, -0.25) is 4.79 Å². The maximum absolute atomic E-state index is 12.5. The van der Waals surface area contributed by atoms with Gasteiger partial charge in [0.2, 0.25) is 0 Å². The second kappa shape index (κ2) is 7.69. The molecule has 1 fully saturated rings. The minimum atomic E-state index is -0.127. The van der Waals surface area contributed by atoms with Crippen molar-refractivity contribution in [3.05, 3.63) is 101 Å². The zero-order valence-corrected chi connectivity index (χ0v) is 17.2. The average Bonchev–Trinajstić information content (AvgIpc) is 3.34. The third-order valence-electron chi connectivity index (χ3n) is 4.95. The van der Waals surface area contributed by atoms with Crippen molar-refractivity contribution in [2.45, 2.75) is 6.92 Å². The summed E-state index contributed by atoms with van der Waals surface area (Å²) in [6.07, 6.45) is 3.92. The van der Waals surface area contributed by atoms with Gasteiger partial charge in [-0.1, -0.05) is 42.5 Å². The number of hydrogen-bond donors (Lipinski definition) is 1. The van der Waals surface area contributed by atoms with Gasteiger partial charge in [0.1, 0.15) is 0 Å². The summed E-state index contributed by atoms with van der Waals surface area (Å²) in [7, 11) is 0. The normalized spacial score (nSPS) is 16.5. The van der Waals surface area contributed by atoms with Crippen molar-refractivity contribution in [3.8, 4) is 5.69 Å². The third kappa shape index (κ3) is 3.67. The van der Waals surface area contributed by atoms with Crippen molar-refractivity contribution < 1.29 is 4.79 Å². The van der Waals surface area contributed by atoms with Crippen LogP contribution in [0.2, 0.25) is 0 Å². The summed E-state index contributed by atoms with van der Waals surface area (Å²) in [5.74, 6) is -0.127. The summed E-state index contributed by atoms with van der Waals surface area (Å²) in [5.41, 5.74) is 3.97. The van der Waals surface area contributed by atoms with Crippen LogP contribution in [0.5, 0.6) is 0 Å². The average molecular weight is 410 g/mol. The van der Waals surface area contributed by atoms with E-state index >= 15 is 0 Å². The Labute approximate surface area is 179 Å². The third-order valence-corrected chi connectivity index (χ3v) is 5.86. The van der Waals surface area contributed by atoms with Crippen LogP contribution in [0.1, 0.15) is 11.3 Å². The van der Waals surface area contributed by atoms with E-state index in [0.717, 1.165) is 22.6 Å². The summed E-state index contributed by atoms with van der Waals surface area (Å²) >= 11 is 1.36. The largest absolute Gasteiger partial charge is 0.317 e. The van der Waals surface area contributed by atoms with Crippen molar-refractivity contribution in [3.63, 3.8) is 0 Å². The van der Waals surface area contributed by atoms with Gasteiger partial charge in [0.25, 0.3) is 5.91 Å². The Balaban J connectivity index is 1.46. The summed E-state index contributed by atoms with van der Waals surface area (Å²) in [6.45, 7) is 2.02. The molecule has 0 saturated carbocycles. The lowest BCUT2D eigenvalue weighted by molar-refractivity contribution is -0.115. The second-order valence-corrected chi connectivity index (χ2v) is 8.19. The van der Waals surface area contributed by atoms with E-state index in [1.165, 1.54) is 22.5 Å². The van der Waals surface area contributed by atoms with Crippen molar-refractivity contribution in [2.75, 3.05) is 0 Å². The van der Waals surface area contributed by atoms with Crippen LogP contribution >= 0.6 is 11.8 Å². The molecule has 0 bridgehead atoms. The number of aliphatic imine (C=N–C) groups is 1. The molecular weight excluding hydrogens is 390 g/mol. The Kier molecular flexibility index (Phi) is 4.73. The number of nitrogens with zero attached hydrogens (tertiary/aromatic N) is 2. The standard InChI is InChI=1S/C25H19N3OS/c1-17-6-4-9-20(14-17)26-25-27-24(29)23(30-25)16-21-10-5-13-28(21)22-12-11-18-7-2-3-8-19(18)15-22/h2-16H,1H3,(H,26,27,29)/b23-16-. The number of fused-ring (bicyclic) bond motifs is 1. The Morgan fingerprint density at radius 2 is 1.80 bits per heavy atom. The number of carbonyl (C=O) groups is 1. The molecule has 0 radical (unpaired) electrons. The van der Waals surface area contributed by atoms with Crippen LogP contribution in [0.15, 0.2) is 95.0 Å². The van der Waals surface area contributed by atoms with Crippen molar-refractivity contribution in [1.82, 2.24) is 9.88 Å². The molecule has 0 aliphatic carbocycles. The van der Waals surface area contributed by atoms with E-state index in [1.807, 2.05) is 67.7 Å². The number of aryl methyl sites for hydroxylation is 1. The monoisotopic (exact) mass is 409 g/mol. The summed E-state index contributed by atoms with van der Waals surface area (Å²) in [5, 5.41) is 5.85. The molecule has 146 valence electrons. The highest BCUT2D eigenvalue weighted by Gasteiger charge is 2.24. The lowest BCUT2D eigenvalue weighted by Gasteiger charge is -2.08. The van der Waals surface area contributed by atoms with E-state index in [2.05, 4.69) is 45.2 Å². The first-order valence-electron chi connectivity index (χ1n) is 9.68. The SMILES string of the molecule is Cc1cccc(N=C2NC(=O)/C(=C/c3cccn3-c3ccc4ccccc4c3)S2)c1.